The van der Waals surface area contributed by atoms with Crippen LogP contribution < -0.4 is 10.6 Å². The highest BCUT2D eigenvalue weighted by molar-refractivity contribution is 7.12. The number of likely N-dealkylation sites (N-methyl/N-ethyl adjacent to an activating group) is 1. The van der Waals surface area contributed by atoms with Gasteiger partial charge in [0.25, 0.3) is 5.91 Å². The molecule has 2 N–H and O–H groups in total. The highest BCUT2D eigenvalue weighted by atomic mass is 32.1. The number of nitrogens with one attached hydrogen (secondary N) is 2. The monoisotopic (exact) mass is 321 g/mol. The number of carbonyl (C=O) groups is 1. The predicted octanol–water partition coefficient (Wildman–Crippen LogP) is 1.20. The fourth-order valence-corrected chi connectivity index (χ4v) is 3.02. The van der Waals surface area contributed by atoms with Crippen molar-refractivity contribution in [2.45, 2.75) is 19.0 Å². The van der Waals surface area contributed by atoms with Gasteiger partial charge in [-0.2, -0.15) is 4.98 Å². The first-order valence-corrected chi connectivity index (χ1v) is 8.12. The van der Waals surface area contributed by atoms with E-state index in [-0.39, 0.29) is 18.0 Å². The van der Waals surface area contributed by atoms with Crippen LogP contribution in [0.3, 0.4) is 0 Å². The van der Waals surface area contributed by atoms with Gasteiger partial charge >= 0.3 is 0 Å². The molecule has 0 bridgehead atoms. The summed E-state index contributed by atoms with van der Waals surface area (Å²) in [5.74, 6) is 0.958. The maximum Gasteiger partial charge on any atom is 0.261 e. The molecule has 7 nitrogen and oxygen atoms in total. The van der Waals surface area contributed by atoms with Gasteiger partial charge in [-0.3, -0.25) is 9.69 Å². The van der Waals surface area contributed by atoms with Crippen molar-refractivity contribution < 1.29 is 9.32 Å². The van der Waals surface area contributed by atoms with E-state index in [2.05, 4.69) is 25.7 Å². The van der Waals surface area contributed by atoms with E-state index in [0.717, 1.165) is 19.6 Å². The molecule has 2 atom stereocenters. The van der Waals surface area contributed by atoms with Crippen LogP contribution in [-0.4, -0.2) is 47.6 Å². The zero-order chi connectivity index (χ0) is 15.5. The van der Waals surface area contributed by atoms with Gasteiger partial charge in [-0.25, -0.2) is 0 Å². The Kier molecular flexibility index (Phi) is 4.51. The molecule has 2 unspecified atom stereocenters. The Morgan fingerprint density at radius 3 is 3.23 bits per heavy atom. The summed E-state index contributed by atoms with van der Waals surface area (Å²) in [5.41, 5.74) is 0. The molecule has 3 heterocycles. The fourth-order valence-electron chi connectivity index (χ4n) is 2.39. The van der Waals surface area contributed by atoms with Crippen LogP contribution in [0.4, 0.5) is 0 Å². The molecule has 1 aliphatic rings. The van der Waals surface area contributed by atoms with Gasteiger partial charge in [0.2, 0.25) is 5.89 Å². The van der Waals surface area contributed by atoms with Crippen LogP contribution in [0.2, 0.25) is 0 Å². The molecule has 0 saturated carbocycles. The van der Waals surface area contributed by atoms with Crippen LogP contribution in [-0.2, 0) is 0 Å². The summed E-state index contributed by atoms with van der Waals surface area (Å²) in [6.07, 6.45) is 0. The van der Waals surface area contributed by atoms with Crippen molar-refractivity contribution in [1.29, 1.82) is 0 Å². The lowest BCUT2D eigenvalue weighted by Crippen LogP contribution is -2.44. The number of piperazine rings is 1. The zero-order valence-electron chi connectivity index (χ0n) is 12.6. The number of carbonyl (C=O) groups excluding carboxylic acids is 1. The lowest BCUT2D eigenvalue weighted by Gasteiger charge is -2.30. The average Bonchev–Trinajstić information content (AvgIpc) is 3.19. The third-order valence-corrected chi connectivity index (χ3v) is 4.60. The molecule has 1 fully saturated rings. The van der Waals surface area contributed by atoms with Gasteiger partial charge in [0.15, 0.2) is 5.82 Å². The summed E-state index contributed by atoms with van der Waals surface area (Å²) in [6, 6.07) is 3.42. The molecule has 2 aromatic rings. The quantitative estimate of drug-likeness (QED) is 0.880. The molecule has 2 aromatic heterocycles. The molecule has 0 aliphatic carbocycles. The van der Waals surface area contributed by atoms with Crippen LogP contribution in [0.5, 0.6) is 0 Å². The van der Waals surface area contributed by atoms with Gasteiger partial charge < -0.3 is 15.2 Å². The van der Waals surface area contributed by atoms with Gasteiger partial charge in [0, 0.05) is 19.6 Å². The molecule has 0 spiro atoms. The Bertz CT molecular complexity index is 627. The second-order valence-electron chi connectivity index (χ2n) is 5.36. The Balaban J connectivity index is 1.66. The van der Waals surface area contributed by atoms with Crippen molar-refractivity contribution in [2.24, 2.45) is 0 Å². The topological polar surface area (TPSA) is 83.3 Å². The number of aromatic nitrogens is 2. The normalized spacial score (nSPS) is 20.7. The van der Waals surface area contributed by atoms with Gasteiger partial charge in [0.1, 0.15) is 6.04 Å². The van der Waals surface area contributed by atoms with E-state index < -0.39 is 0 Å². The molecular weight excluding hydrogens is 302 g/mol. The average molecular weight is 321 g/mol. The van der Waals surface area contributed by atoms with E-state index in [9.17, 15) is 4.79 Å². The molecule has 0 radical (unpaired) electrons. The van der Waals surface area contributed by atoms with Gasteiger partial charge in [-0.1, -0.05) is 11.2 Å². The maximum atomic E-state index is 12.0. The Morgan fingerprint density at radius 1 is 1.64 bits per heavy atom. The Labute approximate surface area is 132 Å². The number of hydrogen-bond donors (Lipinski definition) is 2. The molecule has 1 aliphatic heterocycles. The van der Waals surface area contributed by atoms with Crippen molar-refractivity contribution in [1.82, 2.24) is 25.7 Å². The van der Waals surface area contributed by atoms with Crippen molar-refractivity contribution >= 4 is 17.2 Å². The van der Waals surface area contributed by atoms with E-state index in [4.69, 9.17) is 4.52 Å². The molecule has 1 saturated heterocycles. The number of hydrogen-bond acceptors (Lipinski definition) is 7. The molecule has 118 valence electrons. The summed E-state index contributed by atoms with van der Waals surface area (Å²) < 4.78 is 5.32. The van der Waals surface area contributed by atoms with E-state index in [0.29, 0.717) is 16.6 Å². The molecule has 1 amide bonds. The van der Waals surface area contributed by atoms with Crippen LogP contribution in [0.25, 0.3) is 0 Å². The van der Waals surface area contributed by atoms with Gasteiger partial charge in [-0.05, 0) is 25.4 Å². The molecule has 8 heteroatoms. The summed E-state index contributed by atoms with van der Waals surface area (Å²) in [4.78, 5) is 19.4. The smallest absolute Gasteiger partial charge is 0.261 e. The third-order valence-electron chi connectivity index (χ3n) is 3.73. The SMILES string of the molecule is CC(NC(=O)c1cccs1)c1nc(C2CNCCN2C)no1. The van der Waals surface area contributed by atoms with Crippen molar-refractivity contribution in [3.63, 3.8) is 0 Å². The lowest BCUT2D eigenvalue weighted by atomic mass is 10.2. The minimum absolute atomic E-state index is 0.103. The van der Waals surface area contributed by atoms with Crippen LogP contribution >= 0.6 is 11.3 Å². The minimum atomic E-state index is -0.322. The summed E-state index contributed by atoms with van der Waals surface area (Å²) in [5, 5.41) is 12.1. The number of amides is 1. The standard InChI is InChI=1S/C14H19N5O2S/c1-9(16-13(20)11-4-3-7-22-11)14-17-12(18-21-14)10-8-15-5-6-19(10)2/h3-4,7,9-10,15H,5-6,8H2,1-2H3,(H,16,20). The van der Waals surface area contributed by atoms with E-state index in [1.807, 2.05) is 25.4 Å². The molecule has 22 heavy (non-hydrogen) atoms. The summed E-state index contributed by atoms with van der Waals surface area (Å²) in [6.45, 7) is 4.54. The second kappa shape index (κ2) is 6.55. The third kappa shape index (κ3) is 3.18. The number of nitrogens with zero attached hydrogens (tertiary/aromatic N) is 3. The molecular formula is C14H19N5O2S. The van der Waals surface area contributed by atoms with Crippen LogP contribution in [0.15, 0.2) is 22.0 Å². The van der Waals surface area contributed by atoms with Crippen LogP contribution in [0, 0.1) is 0 Å². The van der Waals surface area contributed by atoms with Gasteiger partial charge in [-0.15, -0.1) is 11.3 Å². The van der Waals surface area contributed by atoms with E-state index in [1.54, 1.807) is 6.07 Å². The Hall–Kier alpha value is -1.77. The van der Waals surface area contributed by atoms with Crippen molar-refractivity contribution in [2.75, 3.05) is 26.7 Å². The van der Waals surface area contributed by atoms with Crippen LogP contribution in [0.1, 0.15) is 40.4 Å². The van der Waals surface area contributed by atoms with Crippen molar-refractivity contribution in [3.8, 4) is 0 Å². The first kappa shape index (κ1) is 15.1. The highest BCUT2D eigenvalue weighted by Gasteiger charge is 2.26. The van der Waals surface area contributed by atoms with Gasteiger partial charge in [0.05, 0.1) is 10.9 Å². The van der Waals surface area contributed by atoms with Crippen molar-refractivity contribution in [3.05, 3.63) is 34.1 Å². The minimum Gasteiger partial charge on any atom is -0.340 e. The Morgan fingerprint density at radius 2 is 2.50 bits per heavy atom. The predicted molar refractivity (Wildman–Crippen MR) is 82.7 cm³/mol. The first-order valence-electron chi connectivity index (χ1n) is 7.24. The lowest BCUT2D eigenvalue weighted by molar-refractivity contribution is 0.0936. The van der Waals surface area contributed by atoms with E-state index in [1.165, 1.54) is 11.3 Å². The summed E-state index contributed by atoms with van der Waals surface area (Å²) in [7, 11) is 2.05. The second-order valence-corrected chi connectivity index (χ2v) is 6.31. The van der Waals surface area contributed by atoms with E-state index >= 15 is 0 Å². The molecule has 0 aromatic carbocycles. The highest BCUT2D eigenvalue weighted by Crippen LogP contribution is 2.20. The first-order chi connectivity index (χ1) is 10.6. The zero-order valence-corrected chi connectivity index (χ0v) is 13.4. The summed E-state index contributed by atoms with van der Waals surface area (Å²) >= 11 is 1.40. The number of thiophene rings is 1. The largest absolute Gasteiger partial charge is 0.340 e. The maximum absolute atomic E-state index is 12.0. The molecule has 3 rings (SSSR count). The number of rotatable bonds is 4. The fraction of sp³-hybridized carbons (Fsp3) is 0.500.